The minimum absolute atomic E-state index is 0.0232. The first-order valence-electron chi connectivity index (χ1n) is 11.2. The Labute approximate surface area is 188 Å². The third kappa shape index (κ3) is 3.75. The van der Waals surface area contributed by atoms with Crippen LogP contribution >= 0.6 is 0 Å². The van der Waals surface area contributed by atoms with Crippen molar-refractivity contribution in [3.63, 3.8) is 0 Å². The molecule has 0 N–H and O–H groups in total. The van der Waals surface area contributed by atoms with Crippen molar-refractivity contribution in [2.75, 3.05) is 18.1 Å². The molecule has 0 saturated carbocycles. The minimum Gasteiger partial charge on any atom is -0.492 e. The number of amides is 1. The number of hydrogen-bond donors (Lipinski definition) is 0. The van der Waals surface area contributed by atoms with E-state index in [0.717, 1.165) is 34.8 Å². The summed E-state index contributed by atoms with van der Waals surface area (Å²) in [5.41, 5.74) is 5.37. The van der Waals surface area contributed by atoms with Gasteiger partial charge >= 0.3 is 0 Å². The number of imidazole rings is 1. The lowest BCUT2D eigenvalue weighted by atomic mass is 10.1. The van der Waals surface area contributed by atoms with Crippen LogP contribution in [-0.4, -0.2) is 28.6 Å². The van der Waals surface area contributed by atoms with Crippen LogP contribution in [0.2, 0.25) is 0 Å². The third-order valence-corrected chi connectivity index (χ3v) is 6.09. The number of hydrogen-bond acceptors (Lipinski definition) is 3. The summed E-state index contributed by atoms with van der Waals surface area (Å²) >= 11 is 0. The SMILES string of the molecule is CCOc1ccccc1N1C[C@@H](c2nc3ccccc3n2Cc2ccc(C)cc2)CC1=O. The first kappa shape index (κ1) is 20.3. The lowest BCUT2D eigenvalue weighted by Gasteiger charge is -2.20. The van der Waals surface area contributed by atoms with E-state index in [2.05, 4.69) is 41.8 Å². The Bertz CT molecular complexity index is 1260. The average Bonchev–Trinajstić information content (AvgIpc) is 3.36. The second kappa shape index (κ2) is 8.50. The normalized spacial score (nSPS) is 16.1. The van der Waals surface area contributed by atoms with Crippen molar-refractivity contribution in [1.29, 1.82) is 0 Å². The summed E-state index contributed by atoms with van der Waals surface area (Å²) in [6.45, 7) is 5.95. The fourth-order valence-electron chi connectivity index (χ4n) is 4.52. The van der Waals surface area contributed by atoms with E-state index in [1.807, 2.05) is 54.3 Å². The Morgan fingerprint density at radius 2 is 1.75 bits per heavy atom. The molecule has 0 unspecified atom stereocenters. The van der Waals surface area contributed by atoms with E-state index in [0.29, 0.717) is 19.6 Å². The molecule has 3 aromatic carbocycles. The van der Waals surface area contributed by atoms with Gasteiger partial charge in [0.2, 0.25) is 5.91 Å². The van der Waals surface area contributed by atoms with Gasteiger partial charge in [-0.1, -0.05) is 54.1 Å². The molecule has 0 spiro atoms. The van der Waals surface area contributed by atoms with Crippen LogP contribution in [0.3, 0.4) is 0 Å². The average molecular weight is 426 g/mol. The summed E-state index contributed by atoms with van der Waals surface area (Å²) in [7, 11) is 0. The molecule has 0 aliphatic carbocycles. The van der Waals surface area contributed by atoms with Crippen LogP contribution in [0.5, 0.6) is 5.75 Å². The quantitative estimate of drug-likeness (QED) is 0.420. The molecule has 1 aromatic heterocycles. The summed E-state index contributed by atoms with van der Waals surface area (Å²) < 4.78 is 8.06. The number of fused-ring (bicyclic) bond motifs is 1. The van der Waals surface area contributed by atoms with Gasteiger partial charge in [-0.25, -0.2) is 4.98 Å². The molecule has 1 atom stereocenters. The van der Waals surface area contributed by atoms with Gasteiger partial charge in [-0.3, -0.25) is 4.79 Å². The van der Waals surface area contributed by atoms with Crippen molar-refractivity contribution >= 4 is 22.6 Å². The zero-order chi connectivity index (χ0) is 22.1. The highest BCUT2D eigenvalue weighted by atomic mass is 16.5. The fourth-order valence-corrected chi connectivity index (χ4v) is 4.52. The van der Waals surface area contributed by atoms with Gasteiger partial charge in [0.15, 0.2) is 0 Å². The molecule has 2 heterocycles. The smallest absolute Gasteiger partial charge is 0.227 e. The van der Waals surface area contributed by atoms with Crippen molar-refractivity contribution in [3.8, 4) is 5.75 Å². The van der Waals surface area contributed by atoms with E-state index in [4.69, 9.17) is 9.72 Å². The van der Waals surface area contributed by atoms with Crippen molar-refractivity contribution in [2.45, 2.75) is 32.7 Å². The number of aryl methyl sites for hydroxylation is 1. The molecule has 5 heteroatoms. The lowest BCUT2D eigenvalue weighted by Crippen LogP contribution is -2.25. The number of carbonyl (C=O) groups excluding carboxylic acids is 1. The number of rotatable bonds is 6. The highest BCUT2D eigenvalue weighted by Crippen LogP contribution is 2.37. The third-order valence-electron chi connectivity index (χ3n) is 6.09. The maximum absolute atomic E-state index is 13.1. The highest BCUT2D eigenvalue weighted by molar-refractivity contribution is 5.97. The molecule has 4 aromatic rings. The summed E-state index contributed by atoms with van der Waals surface area (Å²) in [5.74, 6) is 1.85. The number of aromatic nitrogens is 2. The number of para-hydroxylation sites is 4. The van der Waals surface area contributed by atoms with E-state index in [-0.39, 0.29) is 11.8 Å². The van der Waals surface area contributed by atoms with Crippen LogP contribution in [-0.2, 0) is 11.3 Å². The Balaban J connectivity index is 1.51. The molecule has 1 amide bonds. The predicted molar refractivity (Wildman–Crippen MR) is 127 cm³/mol. The van der Waals surface area contributed by atoms with Crippen LogP contribution in [0.4, 0.5) is 5.69 Å². The predicted octanol–water partition coefficient (Wildman–Crippen LogP) is 5.31. The highest BCUT2D eigenvalue weighted by Gasteiger charge is 2.36. The Kier molecular flexibility index (Phi) is 5.39. The molecule has 0 radical (unpaired) electrons. The molecule has 1 saturated heterocycles. The lowest BCUT2D eigenvalue weighted by molar-refractivity contribution is -0.117. The number of anilines is 1. The van der Waals surface area contributed by atoms with E-state index >= 15 is 0 Å². The van der Waals surface area contributed by atoms with E-state index in [9.17, 15) is 4.79 Å². The van der Waals surface area contributed by atoms with Crippen LogP contribution < -0.4 is 9.64 Å². The van der Waals surface area contributed by atoms with Crippen molar-refractivity contribution in [3.05, 3.63) is 89.7 Å². The van der Waals surface area contributed by atoms with Crippen molar-refractivity contribution in [1.82, 2.24) is 9.55 Å². The van der Waals surface area contributed by atoms with Crippen LogP contribution in [0, 0.1) is 6.92 Å². The summed E-state index contributed by atoms with van der Waals surface area (Å²) in [5, 5.41) is 0. The topological polar surface area (TPSA) is 47.4 Å². The monoisotopic (exact) mass is 425 g/mol. The largest absolute Gasteiger partial charge is 0.492 e. The number of ether oxygens (including phenoxy) is 1. The molecular formula is C27H27N3O2. The van der Waals surface area contributed by atoms with Gasteiger partial charge in [0.05, 0.1) is 23.3 Å². The fraction of sp³-hybridized carbons (Fsp3) is 0.259. The zero-order valence-corrected chi connectivity index (χ0v) is 18.5. The Morgan fingerprint density at radius 3 is 2.56 bits per heavy atom. The molecule has 162 valence electrons. The van der Waals surface area contributed by atoms with E-state index < -0.39 is 0 Å². The van der Waals surface area contributed by atoms with Gasteiger partial charge in [0.1, 0.15) is 11.6 Å². The summed E-state index contributed by atoms with van der Waals surface area (Å²) in [4.78, 5) is 19.9. The first-order chi connectivity index (χ1) is 15.6. The number of carbonyl (C=O) groups is 1. The van der Waals surface area contributed by atoms with Gasteiger partial charge < -0.3 is 14.2 Å². The van der Waals surface area contributed by atoms with Gasteiger partial charge in [-0.2, -0.15) is 0 Å². The second-order valence-corrected chi connectivity index (χ2v) is 8.34. The van der Waals surface area contributed by atoms with Gasteiger partial charge in [-0.15, -0.1) is 0 Å². The number of nitrogens with zero attached hydrogens (tertiary/aromatic N) is 3. The summed E-state index contributed by atoms with van der Waals surface area (Å²) in [6, 6.07) is 24.6. The van der Waals surface area contributed by atoms with E-state index in [1.54, 1.807) is 0 Å². The van der Waals surface area contributed by atoms with Crippen LogP contribution in [0.25, 0.3) is 11.0 Å². The Morgan fingerprint density at radius 1 is 1.00 bits per heavy atom. The van der Waals surface area contributed by atoms with Gasteiger partial charge in [0, 0.05) is 25.4 Å². The first-order valence-corrected chi connectivity index (χ1v) is 11.2. The molecule has 0 bridgehead atoms. The molecule has 5 nitrogen and oxygen atoms in total. The molecular weight excluding hydrogens is 398 g/mol. The summed E-state index contributed by atoms with van der Waals surface area (Å²) in [6.07, 6.45) is 0.442. The van der Waals surface area contributed by atoms with E-state index in [1.165, 1.54) is 11.1 Å². The van der Waals surface area contributed by atoms with Gasteiger partial charge in [-0.05, 0) is 43.7 Å². The minimum atomic E-state index is 0.0232. The molecule has 1 fully saturated rings. The van der Waals surface area contributed by atoms with Gasteiger partial charge in [0.25, 0.3) is 0 Å². The number of benzene rings is 3. The van der Waals surface area contributed by atoms with Crippen molar-refractivity contribution in [2.24, 2.45) is 0 Å². The standard InChI is InChI=1S/C27H27N3O2/c1-3-32-25-11-7-6-10-24(25)29-18-21(16-26(29)31)27-28-22-8-4-5-9-23(22)30(27)17-20-14-12-19(2)13-15-20/h4-15,21H,3,16-18H2,1-2H3/t21-/m0/s1. The zero-order valence-electron chi connectivity index (χ0n) is 18.5. The van der Waals surface area contributed by atoms with Crippen LogP contribution in [0.1, 0.15) is 36.2 Å². The molecule has 1 aliphatic rings. The molecule has 5 rings (SSSR count). The van der Waals surface area contributed by atoms with Crippen molar-refractivity contribution < 1.29 is 9.53 Å². The maximum atomic E-state index is 13.1. The maximum Gasteiger partial charge on any atom is 0.227 e. The van der Waals surface area contributed by atoms with Crippen LogP contribution in [0.15, 0.2) is 72.8 Å². The Hall–Kier alpha value is -3.60. The second-order valence-electron chi connectivity index (χ2n) is 8.34. The molecule has 32 heavy (non-hydrogen) atoms. The molecule has 1 aliphatic heterocycles.